The zero-order valence-corrected chi connectivity index (χ0v) is 5.45. The molecule has 0 atom stereocenters. The molecule has 0 rings (SSSR count). The van der Waals surface area contributed by atoms with E-state index in [1.54, 1.807) is 0 Å². The van der Waals surface area contributed by atoms with E-state index in [1.165, 1.54) is 0 Å². The van der Waals surface area contributed by atoms with Crippen molar-refractivity contribution in [1.29, 1.82) is 0 Å². The van der Waals surface area contributed by atoms with Crippen LogP contribution in [0.4, 0.5) is 0 Å². The SMILES string of the molecule is [Cu+2].[O-][I+2]([O-])[O-].[OH-]. The van der Waals surface area contributed by atoms with Crippen molar-refractivity contribution in [3.05, 3.63) is 0 Å². The molecule has 0 aliphatic carbocycles. The van der Waals surface area contributed by atoms with Crippen LogP contribution in [0.15, 0.2) is 0 Å². The van der Waals surface area contributed by atoms with Crippen molar-refractivity contribution in [1.82, 2.24) is 0 Å². The molecule has 0 aromatic heterocycles. The number of rotatable bonds is 0. The molecule has 0 bridgehead atoms. The Morgan fingerprint density at radius 1 is 1.00 bits per heavy atom. The Morgan fingerprint density at radius 2 is 1.00 bits per heavy atom. The second-order valence-electron chi connectivity index (χ2n) is 0.189. The van der Waals surface area contributed by atoms with Gasteiger partial charge in [0.15, 0.2) is 0 Å². The maximum atomic E-state index is 8.57. The van der Waals surface area contributed by atoms with Crippen molar-refractivity contribution >= 4 is 0 Å². The summed E-state index contributed by atoms with van der Waals surface area (Å²) >= 11 is -4.01. The molecule has 6 heteroatoms. The van der Waals surface area contributed by atoms with Crippen LogP contribution in [-0.2, 0) is 17.1 Å². The Bertz CT molecular complexity index is 12.3. The largest absolute Gasteiger partial charge is 2.00 e. The molecule has 0 aliphatic rings. The fourth-order valence-corrected chi connectivity index (χ4v) is 0. The van der Waals surface area contributed by atoms with Gasteiger partial charge in [-0.15, -0.1) is 0 Å². The van der Waals surface area contributed by atoms with Gasteiger partial charge in [0.25, 0.3) is 21.1 Å². The summed E-state index contributed by atoms with van der Waals surface area (Å²) in [6, 6.07) is 0. The molecule has 0 fully saturated rings. The number of hydrogen-bond acceptors (Lipinski definition) is 4. The maximum Gasteiger partial charge on any atom is 2.00 e. The number of halogens is 1. The van der Waals surface area contributed by atoms with Gasteiger partial charge in [-0.3, -0.25) is 0 Å². The normalized spacial score (nSPS) is 6.00. The van der Waals surface area contributed by atoms with Crippen LogP contribution in [-0.4, -0.2) is 5.48 Å². The third-order valence-electron chi connectivity index (χ3n) is 0. The molecule has 0 spiro atoms. The second kappa shape index (κ2) is 9.43. The summed E-state index contributed by atoms with van der Waals surface area (Å²) in [6.07, 6.45) is 0. The number of hydrogen-bond donors (Lipinski definition) is 0. The summed E-state index contributed by atoms with van der Waals surface area (Å²) in [4.78, 5) is 0. The van der Waals surface area contributed by atoms with E-state index in [9.17, 15) is 0 Å². The van der Waals surface area contributed by atoms with Gasteiger partial charge in [-0.1, -0.05) is 0 Å². The average Bonchev–Trinajstić information content (AvgIpc) is 0.811. The van der Waals surface area contributed by atoms with Gasteiger partial charge in [0.2, 0.25) is 0 Å². The molecule has 0 amide bonds. The van der Waals surface area contributed by atoms with Gasteiger partial charge >= 0.3 is 17.1 Å². The zero-order valence-electron chi connectivity index (χ0n) is 2.35. The molecular weight excluding hydrogens is 254 g/mol. The molecule has 0 unspecified atom stereocenters. The fourth-order valence-electron chi connectivity index (χ4n) is 0. The van der Waals surface area contributed by atoms with Gasteiger partial charge in [-0.05, 0) is 0 Å². The molecule has 0 saturated heterocycles. The first kappa shape index (κ1) is 15.7. The van der Waals surface area contributed by atoms with E-state index >= 15 is 0 Å². The minimum absolute atomic E-state index is 0. The minimum atomic E-state index is -4.01. The Kier molecular flexibility index (Phi) is 24.7. The summed E-state index contributed by atoms with van der Waals surface area (Å²) in [5.74, 6) is 0. The molecule has 0 heterocycles. The molecule has 43 valence electrons. The monoisotopic (exact) mass is 255 g/mol. The Balaban J connectivity index is -0.0000000450. The molecule has 1 N–H and O–H groups in total. The van der Waals surface area contributed by atoms with Gasteiger partial charge in [-0.25, -0.2) is 0 Å². The molecule has 0 aliphatic heterocycles. The van der Waals surface area contributed by atoms with Gasteiger partial charge in [0, 0.05) is 0 Å². The smallest absolute Gasteiger partial charge is 0.870 e. The molecule has 0 saturated carbocycles. The van der Waals surface area contributed by atoms with Gasteiger partial charge < -0.3 is 15.8 Å². The predicted molar refractivity (Wildman–Crippen MR) is 1.94 cm³/mol. The maximum absolute atomic E-state index is 8.57. The van der Waals surface area contributed by atoms with E-state index in [2.05, 4.69) is 0 Å². The quantitative estimate of drug-likeness (QED) is 0.317. The molecule has 0 aromatic rings. The second-order valence-corrected chi connectivity index (χ2v) is 1.27. The third kappa shape index (κ3) is 71.7. The van der Waals surface area contributed by atoms with Crippen LogP contribution in [0.5, 0.6) is 0 Å². The van der Waals surface area contributed by atoms with E-state index in [0.29, 0.717) is 0 Å². The first-order valence-electron chi connectivity index (χ1n) is 0.463. The molecular formula is HCuIO4. The third-order valence-corrected chi connectivity index (χ3v) is 0. The van der Waals surface area contributed by atoms with Crippen LogP contribution < -0.4 is 31.4 Å². The Hall–Kier alpha value is 1.09. The van der Waals surface area contributed by atoms with E-state index in [4.69, 9.17) is 10.3 Å². The summed E-state index contributed by atoms with van der Waals surface area (Å²) in [5, 5.41) is 0. The van der Waals surface area contributed by atoms with Crippen molar-refractivity contribution in [2.45, 2.75) is 0 Å². The van der Waals surface area contributed by atoms with Crippen LogP contribution in [0.2, 0.25) is 0 Å². The van der Waals surface area contributed by atoms with Crippen molar-refractivity contribution in [3.63, 3.8) is 0 Å². The van der Waals surface area contributed by atoms with Crippen LogP contribution in [0, 0.1) is 0 Å². The van der Waals surface area contributed by atoms with Crippen molar-refractivity contribution in [3.8, 4) is 0 Å². The first-order chi connectivity index (χ1) is 1.73. The minimum Gasteiger partial charge on any atom is -0.870 e. The van der Waals surface area contributed by atoms with E-state index in [1.807, 2.05) is 0 Å². The van der Waals surface area contributed by atoms with Gasteiger partial charge in [0.1, 0.15) is 0 Å². The molecule has 1 radical (unpaired) electrons. The van der Waals surface area contributed by atoms with Crippen molar-refractivity contribution in [2.75, 3.05) is 0 Å². The summed E-state index contributed by atoms with van der Waals surface area (Å²) in [7, 11) is 0. The van der Waals surface area contributed by atoms with Crippen LogP contribution in [0.1, 0.15) is 0 Å². The Morgan fingerprint density at radius 3 is 1.00 bits per heavy atom. The molecule has 4 nitrogen and oxygen atoms in total. The van der Waals surface area contributed by atoms with Gasteiger partial charge in [0.05, 0.1) is 0 Å². The average molecular weight is 255 g/mol. The summed E-state index contributed by atoms with van der Waals surface area (Å²) in [5.41, 5.74) is 0. The summed E-state index contributed by atoms with van der Waals surface area (Å²) < 4.78 is 25.7. The van der Waals surface area contributed by atoms with Crippen LogP contribution in [0.3, 0.4) is 0 Å². The molecule has 0 aromatic carbocycles. The Labute approximate surface area is 54.0 Å². The van der Waals surface area contributed by atoms with E-state index in [-0.39, 0.29) is 22.5 Å². The first-order valence-corrected chi connectivity index (χ1v) is 3.11. The predicted octanol–water partition coefficient (Wildman–Crippen LogP) is -6.74. The van der Waals surface area contributed by atoms with Crippen LogP contribution >= 0.6 is 0 Å². The summed E-state index contributed by atoms with van der Waals surface area (Å²) in [6.45, 7) is 0. The van der Waals surface area contributed by atoms with Crippen molar-refractivity contribution in [2.24, 2.45) is 0 Å². The topological polar surface area (TPSA) is 99.2 Å². The standard InChI is InChI=1S/Cu.IO3.H2O/c;2-1(3)4;/h;;1H2/q+2;-1;/p-1. The molecule has 6 heavy (non-hydrogen) atoms. The fraction of sp³-hybridized carbons (Fsp3) is 0. The van der Waals surface area contributed by atoms with E-state index in [0.717, 1.165) is 0 Å². The van der Waals surface area contributed by atoms with Crippen molar-refractivity contribution < 1.29 is 53.9 Å². The van der Waals surface area contributed by atoms with E-state index < -0.39 is 21.1 Å². The van der Waals surface area contributed by atoms with Crippen LogP contribution in [0.25, 0.3) is 0 Å². The zero-order chi connectivity index (χ0) is 3.58. The van der Waals surface area contributed by atoms with Gasteiger partial charge in [-0.2, -0.15) is 0 Å².